The van der Waals surface area contributed by atoms with Gasteiger partial charge < -0.3 is 10.4 Å². The summed E-state index contributed by atoms with van der Waals surface area (Å²) in [6, 6.07) is 20.8. The molecule has 0 saturated heterocycles. The number of nitrogens with zero attached hydrogens (tertiary/aromatic N) is 3. The van der Waals surface area contributed by atoms with E-state index in [4.69, 9.17) is 11.6 Å². The molecule has 0 amide bonds. The molecule has 3 aromatic carbocycles. The highest BCUT2D eigenvalue weighted by molar-refractivity contribution is 6.30. The van der Waals surface area contributed by atoms with Gasteiger partial charge in [0.05, 0.1) is 17.1 Å². The number of phenolic OH excluding ortho intramolecular Hbond substituents is 1. The van der Waals surface area contributed by atoms with E-state index in [9.17, 15) is 9.90 Å². The number of halogens is 1. The number of anilines is 2. The zero-order valence-corrected chi connectivity index (χ0v) is 15.3. The highest BCUT2D eigenvalue weighted by Gasteiger charge is 2.11. The molecule has 0 aliphatic carbocycles. The molecule has 0 saturated carbocycles. The molecule has 0 atom stereocenters. The molecule has 138 valence electrons. The molecular weight excluding hydrogens is 376 g/mol. The molecule has 0 spiro atoms. The SMILES string of the molecule is O=c1c2ccccc2nc(Nc2cccc(Cl)c2)n1N=Cc1ccccc1O. The number of nitrogens with one attached hydrogen (secondary N) is 1. The van der Waals surface area contributed by atoms with Crippen LogP contribution in [0.3, 0.4) is 0 Å². The Morgan fingerprint density at radius 3 is 2.64 bits per heavy atom. The first-order valence-corrected chi connectivity index (χ1v) is 8.86. The van der Waals surface area contributed by atoms with Gasteiger partial charge in [-0.25, -0.2) is 4.98 Å². The van der Waals surface area contributed by atoms with Crippen molar-refractivity contribution in [3.05, 3.63) is 93.7 Å². The van der Waals surface area contributed by atoms with Crippen molar-refractivity contribution in [1.82, 2.24) is 9.66 Å². The minimum atomic E-state index is -0.332. The lowest BCUT2D eigenvalue weighted by Crippen LogP contribution is -2.21. The van der Waals surface area contributed by atoms with Crippen LogP contribution in [-0.2, 0) is 0 Å². The topological polar surface area (TPSA) is 79.5 Å². The molecule has 7 heteroatoms. The van der Waals surface area contributed by atoms with E-state index in [0.29, 0.717) is 27.2 Å². The molecule has 28 heavy (non-hydrogen) atoms. The standard InChI is InChI=1S/C21H15ClN4O2/c22-15-7-5-8-16(12-15)24-21-25-18-10-3-2-9-17(18)20(28)26(21)23-13-14-6-1-4-11-19(14)27/h1-13,27H,(H,24,25). The molecule has 0 fully saturated rings. The van der Waals surface area contributed by atoms with Gasteiger partial charge in [-0.05, 0) is 42.5 Å². The lowest BCUT2D eigenvalue weighted by atomic mass is 10.2. The maximum atomic E-state index is 13.0. The number of fused-ring (bicyclic) bond motifs is 1. The molecule has 2 N–H and O–H groups in total. The second-order valence-electron chi connectivity index (χ2n) is 6.01. The molecule has 0 radical (unpaired) electrons. The van der Waals surface area contributed by atoms with Crippen molar-refractivity contribution in [3.8, 4) is 5.75 Å². The maximum absolute atomic E-state index is 13.0. The zero-order valence-electron chi connectivity index (χ0n) is 14.6. The van der Waals surface area contributed by atoms with Crippen molar-refractivity contribution in [3.63, 3.8) is 0 Å². The van der Waals surface area contributed by atoms with Gasteiger partial charge in [-0.3, -0.25) is 4.79 Å². The van der Waals surface area contributed by atoms with E-state index in [2.05, 4.69) is 15.4 Å². The first-order chi connectivity index (χ1) is 13.6. The Hall–Kier alpha value is -3.64. The molecule has 6 nitrogen and oxygen atoms in total. The number of rotatable bonds is 4. The average molecular weight is 391 g/mol. The van der Waals surface area contributed by atoms with Crippen molar-refractivity contribution < 1.29 is 5.11 Å². The summed E-state index contributed by atoms with van der Waals surface area (Å²) in [5.74, 6) is 0.301. The average Bonchev–Trinajstić information content (AvgIpc) is 2.69. The Kier molecular flexibility index (Phi) is 4.78. The summed E-state index contributed by atoms with van der Waals surface area (Å²) in [5, 5.41) is 18.3. The number of para-hydroxylation sites is 2. The number of hydrogen-bond donors (Lipinski definition) is 2. The van der Waals surface area contributed by atoms with Gasteiger partial charge in [-0.2, -0.15) is 9.78 Å². The minimum Gasteiger partial charge on any atom is -0.507 e. The molecule has 0 unspecified atom stereocenters. The Morgan fingerprint density at radius 1 is 1.04 bits per heavy atom. The Balaban J connectivity index is 1.86. The summed E-state index contributed by atoms with van der Waals surface area (Å²) in [7, 11) is 0. The summed E-state index contributed by atoms with van der Waals surface area (Å²) >= 11 is 6.05. The van der Waals surface area contributed by atoms with Crippen molar-refractivity contribution >= 4 is 40.4 Å². The molecule has 0 aliphatic rings. The Labute approximate surface area is 165 Å². The van der Waals surface area contributed by atoms with E-state index in [0.717, 1.165) is 4.68 Å². The van der Waals surface area contributed by atoms with Crippen LogP contribution >= 0.6 is 11.6 Å². The summed E-state index contributed by atoms with van der Waals surface area (Å²) in [5.41, 5.74) is 1.37. The lowest BCUT2D eigenvalue weighted by molar-refractivity contribution is 0.474. The van der Waals surface area contributed by atoms with Crippen LogP contribution in [0.25, 0.3) is 10.9 Å². The van der Waals surface area contributed by atoms with Crippen LogP contribution in [0.15, 0.2) is 82.7 Å². The third-order valence-electron chi connectivity index (χ3n) is 4.08. The molecular formula is C21H15ClN4O2. The van der Waals surface area contributed by atoms with Gasteiger partial charge >= 0.3 is 0 Å². The largest absolute Gasteiger partial charge is 0.507 e. The Morgan fingerprint density at radius 2 is 1.82 bits per heavy atom. The third-order valence-corrected chi connectivity index (χ3v) is 4.32. The van der Waals surface area contributed by atoms with Gasteiger partial charge in [0.25, 0.3) is 5.56 Å². The highest BCUT2D eigenvalue weighted by Crippen LogP contribution is 2.20. The molecule has 1 aromatic heterocycles. The second-order valence-corrected chi connectivity index (χ2v) is 6.44. The summed E-state index contributed by atoms with van der Waals surface area (Å²) in [6.07, 6.45) is 1.41. The van der Waals surface area contributed by atoms with Crippen LogP contribution in [0, 0.1) is 0 Å². The molecule has 0 bridgehead atoms. The van der Waals surface area contributed by atoms with Crippen LogP contribution in [0.1, 0.15) is 5.56 Å². The molecule has 4 aromatic rings. The number of benzene rings is 3. The smallest absolute Gasteiger partial charge is 0.283 e. The fraction of sp³-hybridized carbons (Fsp3) is 0. The molecule has 0 aliphatic heterocycles. The zero-order chi connectivity index (χ0) is 19.5. The fourth-order valence-electron chi connectivity index (χ4n) is 2.72. The van der Waals surface area contributed by atoms with Crippen LogP contribution in [0.4, 0.5) is 11.6 Å². The van der Waals surface area contributed by atoms with Gasteiger partial charge in [0.15, 0.2) is 0 Å². The van der Waals surface area contributed by atoms with E-state index in [1.165, 1.54) is 6.21 Å². The molecule has 1 heterocycles. The van der Waals surface area contributed by atoms with Crippen molar-refractivity contribution in [2.75, 3.05) is 5.32 Å². The highest BCUT2D eigenvalue weighted by atomic mass is 35.5. The predicted molar refractivity (Wildman–Crippen MR) is 112 cm³/mol. The van der Waals surface area contributed by atoms with E-state index in [1.807, 2.05) is 12.1 Å². The van der Waals surface area contributed by atoms with Crippen LogP contribution in [0.5, 0.6) is 5.75 Å². The second kappa shape index (κ2) is 7.54. The predicted octanol–water partition coefficient (Wildman–Crippen LogP) is 4.38. The van der Waals surface area contributed by atoms with Gasteiger partial charge in [0.2, 0.25) is 5.95 Å². The van der Waals surface area contributed by atoms with E-state index >= 15 is 0 Å². The van der Waals surface area contributed by atoms with Crippen LogP contribution in [0.2, 0.25) is 5.02 Å². The van der Waals surface area contributed by atoms with E-state index in [1.54, 1.807) is 60.7 Å². The van der Waals surface area contributed by atoms with Crippen molar-refractivity contribution in [2.24, 2.45) is 5.10 Å². The monoisotopic (exact) mass is 390 g/mol. The van der Waals surface area contributed by atoms with Crippen LogP contribution in [-0.4, -0.2) is 21.0 Å². The van der Waals surface area contributed by atoms with E-state index < -0.39 is 0 Å². The first kappa shape index (κ1) is 17.8. The normalized spacial score (nSPS) is 11.2. The van der Waals surface area contributed by atoms with Crippen molar-refractivity contribution in [1.29, 1.82) is 0 Å². The number of hydrogen-bond acceptors (Lipinski definition) is 5. The van der Waals surface area contributed by atoms with Crippen LogP contribution < -0.4 is 10.9 Å². The van der Waals surface area contributed by atoms with E-state index in [-0.39, 0.29) is 17.3 Å². The quantitative estimate of drug-likeness (QED) is 0.507. The van der Waals surface area contributed by atoms with Gasteiger partial charge in [-0.1, -0.05) is 41.9 Å². The summed E-state index contributed by atoms with van der Waals surface area (Å²) in [4.78, 5) is 17.5. The van der Waals surface area contributed by atoms with Gasteiger partial charge in [0.1, 0.15) is 5.75 Å². The molecule has 4 rings (SSSR count). The fourth-order valence-corrected chi connectivity index (χ4v) is 2.91. The Bertz CT molecular complexity index is 1250. The lowest BCUT2D eigenvalue weighted by Gasteiger charge is -2.11. The minimum absolute atomic E-state index is 0.0670. The first-order valence-electron chi connectivity index (χ1n) is 8.48. The van der Waals surface area contributed by atoms with Gasteiger partial charge in [-0.15, -0.1) is 0 Å². The third kappa shape index (κ3) is 3.58. The number of aromatic hydroxyl groups is 1. The number of aromatic nitrogens is 2. The summed E-state index contributed by atoms with van der Waals surface area (Å²) < 4.78 is 1.16. The van der Waals surface area contributed by atoms with Crippen molar-refractivity contribution in [2.45, 2.75) is 0 Å². The number of phenols is 1. The maximum Gasteiger partial charge on any atom is 0.283 e. The summed E-state index contributed by atoms with van der Waals surface area (Å²) in [6.45, 7) is 0. The van der Waals surface area contributed by atoms with Gasteiger partial charge in [0, 0.05) is 16.3 Å².